The van der Waals surface area contributed by atoms with Gasteiger partial charge in [0.1, 0.15) is 16.9 Å². The van der Waals surface area contributed by atoms with E-state index in [0.29, 0.717) is 0 Å². The topological polar surface area (TPSA) is 55.6 Å². The van der Waals surface area contributed by atoms with Crippen molar-refractivity contribution in [2.45, 2.75) is 50.1 Å². The number of nitrogens with zero attached hydrogens (tertiary/aromatic N) is 4. The molecule has 0 unspecified atom stereocenters. The van der Waals surface area contributed by atoms with Crippen LogP contribution in [0.1, 0.15) is 38.5 Å². The van der Waals surface area contributed by atoms with Gasteiger partial charge in [-0.1, -0.05) is 19.3 Å². The van der Waals surface area contributed by atoms with Crippen LogP contribution in [-0.2, 0) is 6.54 Å². The van der Waals surface area contributed by atoms with Gasteiger partial charge in [-0.25, -0.2) is 15.0 Å². The summed E-state index contributed by atoms with van der Waals surface area (Å²) in [6, 6.07) is 0. The molecule has 0 atom stereocenters. The van der Waals surface area contributed by atoms with Crippen molar-refractivity contribution in [3.8, 4) is 0 Å². The number of thioether (sulfide) groups is 1. The molecular formula is C16H25N5S. The number of imidazole rings is 1. The Kier molecular flexibility index (Phi) is 5.67. The van der Waals surface area contributed by atoms with Crippen LogP contribution >= 0.6 is 11.8 Å². The standard InChI is InChI=1S/C16H25N5S/c1-22-16-14-15(18-11-19-16)21(12-20-14)9-5-8-17-10-13-6-3-2-4-7-13/h11-13,17H,2-10H2,1H3. The summed E-state index contributed by atoms with van der Waals surface area (Å²) in [7, 11) is 0. The van der Waals surface area contributed by atoms with Crippen LogP contribution < -0.4 is 5.32 Å². The van der Waals surface area contributed by atoms with E-state index in [1.165, 1.54) is 38.6 Å². The Morgan fingerprint density at radius 3 is 2.91 bits per heavy atom. The number of fused-ring (bicyclic) bond motifs is 1. The van der Waals surface area contributed by atoms with E-state index >= 15 is 0 Å². The van der Waals surface area contributed by atoms with E-state index in [1.54, 1.807) is 18.1 Å². The van der Waals surface area contributed by atoms with Crippen molar-refractivity contribution in [3.05, 3.63) is 12.7 Å². The summed E-state index contributed by atoms with van der Waals surface area (Å²) in [4.78, 5) is 13.1. The van der Waals surface area contributed by atoms with E-state index in [-0.39, 0.29) is 0 Å². The lowest BCUT2D eigenvalue weighted by atomic mass is 9.89. The van der Waals surface area contributed by atoms with E-state index in [4.69, 9.17) is 0 Å². The molecule has 2 aromatic heterocycles. The van der Waals surface area contributed by atoms with Gasteiger partial charge < -0.3 is 9.88 Å². The normalized spacial score (nSPS) is 16.4. The van der Waals surface area contributed by atoms with Gasteiger partial charge in [-0.2, -0.15) is 0 Å². The predicted molar refractivity (Wildman–Crippen MR) is 91.2 cm³/mol. The van der Waals surface area contributed by atoms with Crippen molar-refractivity contribution in [2.75, 3.05) is 19.3 Å². The summed E-state index contributed by atoms with van der Waals surface area (Å²) >= 11 is 1.62. The smallest absolute Gasteiger partial charge is 0.164 e. The fourth-order valence-electron chi connectivity index (χ4n) is 3.24. The number of aromatic nitrogens is 4. The van der Waals surface area contributed by atoms with Gasteiger partial charge in [0.2, 0.25) is 0 Å². The summed E-state index contributed by atoms with van der Waals surface area (Å²) in [5, 5.41) is 4.58. The van der Waals surface area contributed by atoms with Crippen LogP contribution in [0.2, 0.25) is 0 Å². The molecule has 1 saturated carbocycles. The maximum atomic E-state index is 4.46. The number of nitrogens with one attached hydrogen (secondary N) is 1. The molecule has 120 valence electrons. The molecule has 1 aliphatic rings. The van der Waals surface area contributed by atoms with E-state index in [2.05, 4.69) is 24.8 Å². The monoisotopic (exact) mass is 319 g/mol. The van der Waals surface area contributed by atoms with E-state index < -0.39 is 0 Å². The van der Waals surface area contributed by atoms with E-state index in [1.807, 2.05) is 12.6 Å². The zero-order chi connectivity index (χ0) is 15.2. The predicted octanol–water partition coefficient (Wildman–Crippen LogP) is 3.11. The molecule has 1 N–H and O–H groups in total. The highest BCUT2D eigenvalue weighted by atomic mass is 32.2. The third-order valence-corrected chi connectivity index (χ3v) is 5.16. The molecule has 22 heavy (non-hydrogen) atoms. The largest absolute Gasteiger partial charge is 0.316 e. The van der Waals surface area contributed by atoms with Gasteiger partial charge in [-0.15, -0.1) is 11.8 Å². The molecule has 0 spiro atoms. The first kappa shape index (κ1) is 15.7. The Bertz CT molecular complexity index is 591. The Labute approximate surface area is 136 Å². The Hall–Kier alpha value is -1.14. The quantitative estimate of drug-likeness (QED) is 0.483. The molecule has 0 amide bonds. The van der Waals surface area contributed by atoms with Gasteiger partial charge in [-0.05, 0) is 44.5 Å². The summed E-state index contributed by atoms with van der Waals surface area (Å²) in [6.45, 7) is 3.21. The average molecular weight is 319 g/mol. The fourth-order valence-corrected chi connectivity index (χ4v) is 3.73. The van der Waals surface area contributed by atoms with Gasteiger partial charge in [0.05, 0.1) is 6.33 Å². The first-order valence-electron chi connectivity index (χ1n) is 8.29. The van der Waals surface area contributed by atoms with Crippen LogP contribution in [0.3, 0.4) is 0 Å². The van der Waals surface area contributed by atoms with Crippen molar-refractivity contribution in [1.82, 2.24) is 24.8 Å². The molecule has 0 aliphatic heterocycles. The molecule has 0 aromatic carbocycles. The van der Waals surface area contributed by atoms with E-state index in [0.717, 1.165) is 41.6 Å². The van der Waals surface area contributed by atoms with Crippen molar-refractivity contribution < 1.29 is 0 Å². The molecule has 5 nitrogen and oxygen atoms in total. The molecule has 0 saturated heterocycles. The molecule has 0 bridgehead atoms. The molecule has 2 aromatic rings. The number of hydrogen-bond acceptors (Lipinski definition) is 5. The fraction of sp³-hybridized carbons (Fsp3) is 0.688. The summed E-state index contributed by atoms with van der Waals surface area (Å²) < 4.78 is 2.14. The highest BCUT2D eigenvalue weighted by molar-refractivity contribution is 7.98. The van der Waals surface area contributed by atoms with E-state index in [9.17, 15) is 0 Å². The lowest BCUT2D eigenvalue weighted by Gasteiger charge is -2.21. The summed E-state index contributed by atoms with van der Waals surface area (Å²) in [6.07, 6.45) is 13.8. The second-order valence-electron chi connectivity index (χ2n) is 6.05. The van der Waals surface area contributed by atoms with Gasteiger partial charge in [0.25, 0.3) is 0 Å². The Morgan fingerprint density at radius 1 is 1.23 bits per heavy atom. The van der Waals surface area contributed by atoms with Crippen molar-refractivity contribution in [3.63, 3.8) is 0 Å². The van der Waals surface area contributed by atoms with Gasteiger partial charge in [-0.3, -0.25) is 0 Å². The minimum atomic E-state index is 0.903. The Morgan fingerprint density at radius 2 is 2.09 bits per heavy atom. The average Bonchev–Trinajstić information content (AvgIpc) is 2.99. The maximum absolute atomic E-state index is 4.46. The molecule has 1 aliphatic carbocycles. The molecule has 6 heteroatoms. The third-order valence-electron chi connectivity index (χ3n) is 4.47. The van der Waals surface area contributed by atoms with Crippen molar-refractivity contribution in [1.29, 1.82) is 0 Å². The highest BCUT2D eigenvalue weighted by Crippen LogP contribution is 2.23. The second-order valence-corrected chi connectivity index (χ2v) is 6.85. The number of hydrogen-bond donors (Lipinski definition) is 1. The second kappa shape index (κ2) is 7.92. The van der Waals surface area contributed by atoms with Gasteiger partial charge in [0.15, 0.2) is 5.65 Å². The van der Waals surface area contributed by atoms with Crippen LogP contribution in [0.4, 0.5) is 0 Å². The minimum absolute atomic E-state index is 0.903. The van der Waals surface area contributed by atoms with Crippen LogP contribution in [-0.4, -0.2) is 38.9 Å². The Balaban J connectivity index is 1.45. The lowest BCUT2D eigenvalue weighted by molar-refractivity contribution is 0.341. The highest BCUT2D eigenvalue weighted by Gasteiger charge is 2.12. The van der Waals surface area contributed by atoms with Crippen molar-refractivity contribution in [2.24, 2.45) is 5.92 Å². The maximum Gasteiger partial charge on any atom is 0.164 e. The molecule has 0 radical (unpaired) electrons. The van der Waals surface area contributed by atoms with Gasteiger partial charge >= 0.3 is 0 Å². The first-order chi connectivity index (χ1) is 10.9. The van der Waals surface area contributed by atoms with Crippen LogP contribution in [0.15, 0.2) is 17.7 Å². The first-order valence-corrected chi connectivity index (χ1v) is 9.51. The molecular weight excluding hydrogens is 294 g/mol. The molecule has 2 heterocycles. The van der Waals surface area contributed by atoms with Crippen molar-refractivity contribution >= 4 is 22.9 Å². The minimum Gasteiger partial charge on any atom is -0.316 e. The number of aryl methyl sites for hydroxylation is 1. The SMILES string of the molecule is CSc1ncnc2c1ncn2CCCNCC1CCCCC1. The third kappa shape index (κ3) is 3.79. The zero-order valence-electron chi connectivity index (χ0n) is 13.3. The summed E-state index contributed by atoms with van der Waals surface area (Å²) in [5.41, 5.74) is 1.87. The van der Waals surface area contributed by atoms with Crippen LogP contribution in [0.25, 0.3) is 11.2 Å². The molecule has 1 fully saturated rings. The van der Waals surface area contributed by atoms with Crippen LogP contribution in [0.5, 0.6) is 0 Å². The zero-order valence-corrected chi connectivity index (χ0v) is 14.1. The van der Waals surface area contributed by atoms with Gasteiger partial charge in [0, 0.05) is 6.54 Å². The lowest BCUT2D eigenvalue weighted by Crippen LogP contribution is -2.25. The van der Waals surface area contributed by atoms with Crippen LogP contribution in [0, 0.1) is 5.92 Å². The number of rotatable bonds is 7. The molecule has 3 rings (SSSR count). The summed E-state index contributed by atoms with van der Waals surface area (Å²) in [5.74, 6) is 0.903.